The van der Waals surface area contributed by atoms with Crippen molar-refractivity contribution in [1.82, 2.24) is 4.57 Å². The van der Waals surface area contributed by atoms with Gasteiger partial charge in [-0.25, -0.2) is 0 Å². The molecule has 0 amide bonds. The van der Waals surface area contributed by atoms with E-state index in [4.69, 9.17) is 9.88 Å². The van der Waals surface area contributed by atoms with Gasteiger partial charge < -0.3 is 9.30 Å². The number of nitrogens with zero attached hydrogens (tertiary/aromatic N) is 2. The first-order valence-electron chi connectivity index (χ1n) is 7.21. The molecule has 0 bridgehead atoms. The molecule has 0 radical (unpaired) electrons. The lowest BCUT2D eigenvalue weighted by molar-refractivity contribution is 0.312. The number of hydrogen-bond acceptors (Lipinski definition) is 4. The zero-order valence-corrected chi connectivity index (χ0v) is 13.9. The largest absolute Gasteiger partial charge is 0.497 e. The standard InChI is InChI=1S/C18H17N3OS/c1-21-17-10-13(22-2)4-3-5-15(17)16(11-19)18(21)12-6-8-14(23-20)9-7-12/h4-10H,3,20H2,1-2H3. The van der Waals surface area contributed by atoms with Gasteiger partial charge in [0.05, 0.1) is 23.7 Å². The van der Waals surface area contributed by atoms with E-state index in [1.54, 1.807) is 7.11 Å². The fourth-order valence-electron chi connectivity index (χ4n) is 2.88. The van der Waals surface area contributed by atoms with Crippen LogP contribution in [0.25, 0.3) is 23.4 Å². The molecule has 1 aliphatic rings. The highest BCUT2D eigenvalue weighted by Crippen LogP contribution is 2.23. The SMILES string of the molecule is COC1=CCC=c2c(C#N)c(-c3ccc(SN)cc3)n(C)c2=C1. The van der Waals surface area contributed by atoms with Gasteiger partial charge in [0, 0.05) is 23.2 Å². The smallest absolute Gasteiger partial charge is 0.117 e. The van der Waals surface area contributed by atoms with Crippen molar-refractivity contribution in [3.05, 3.63) is 52.2 Å². The number of nitriles is 1. The molecular weight excluding hydrogens is 306 g/mol. The zero-order chi connectivity index (χ0) is 16.4. The number of benzene rings is 1. The average Bonchev–Trinajstić information content (AvgIpc) is 2.74. The van der Waals surface area contributed by atoms with E-state index in [-0.39, 0.29) is 0 Å². The number of nitrogens with two attached hydrogens (primary N) is 1. The Labute approximate surface area is 139 Å². The van der Waals surface area contributed by atoms with Gasteiger partial charge in [0.15, 0.2) is 0 Å². The van der Waals surface area contributed by atoms with Gasteiger partial charge in [-0.05, 0) is 42.1 Å². The van der Waals surface area contributed by atoms with Crippen LogP contribution in [-0.4, -0.2) is 11.7 Å². The lowest BCUT2D eigenvalue weighted by Crippen LogP contribution is -2.28. The maximum absolute atomic E-state index is 9.70. The molecule has 0 atom stereocenters. The summed E-state index contributed by atoms with van der Waals surface area (Å²) < 4.78 is 7.42. The molecule has 1 aromatic heterocycles. The van der Waals surface area contributed by atoms with Crippen LogP contribution in [0.5, 0.6) is 0 Å². The first kappa shape index (κ1) is 15.5. The van der Waals surface area contributed by atoms with E-state index in [2.05, 4.69) is 12.1 Å². The van der Waals surface area contributed by atoms with Crippen LogP contribution < -0.4 is 15.7 Å². The molecule has 2 N–H and O–H groups in total. The topological polar surface area (TPSA) is 64.0 Å². The van der Waals surface area contributed by atoms with Gasteiger partial charge in [-0.3, -0.25) is 5.14 Å². The van der Waals surface area contributed by atoms with E-state index >= 15 is 0 Å². The molecular formula is C18H17N3OS. The summed E-state index contributed by atoms with van der Waals surface area (Å²) in [5.74, 6) is 0.812. The summed E-state index contributed by atoms with van der Waals surface area (Å²) in [4.78, 5) is 0.991. The maximum atomic E-state index is 9.70. The summed E-state index contributed by atoms with van der Waals surface area (Å²) >= 11 is 1.21. The van der Waals surface area contributed by atoms with Crippen LogP contribution in [0.2, 0.25) is 0 Å². The molecule has 0 aliphatic heterocycles. The van der Waals surface area contributed by atoms with Gasteiger partial charge >= 0.3 is 0 Å². The molecule has 23 heavy (non-hydrogen) atoms. The molecule has 0 fully saturated rings. The lowest BCUT2D eigenvalue weighted by Gasteiger charge is -2.06. The second kappa shape index (κ2) is 6.37. The van der Waals surface area contributed by atoms with Crippen LogP contribution in [0.15, 0.2) is 41.0 Å². The summed E-state index contributed by atoms with van der Waals surface area (Å²) in [6, 6.07) is 10.3. The van der Waals surface area contributed by atoms with Crippen molar-refractivity contribution in [2.45, 2.75) is 11.3 Å². The highest BCUT2D eigenvalue weighted by Gasteiger charge is 2.15. The molecule has 0 saturated heterocycles. The Kier molecular flexibility index (Phi) is 4.28. The first-order valence-corrected chi connectivity index (χ1v) is 8.09. The number of methoxy groups -OCH3 is 1. The van der Waals surface area contributed by atoms with Gasteiger partial charge in [-0.1, -0.05) is 18.2 Å². The minimum atomic E-state index is 0.692. The average molecular weight is 323 g/mol. The summed E-state index contributed by atoms with van der Waals surface area (Å²) in [6.07, 6.45) is 6.80. The number of fused-ring (bicyclic) bond motifs is 1. The lowest BCUT2D eigenvalue weighted by atomic mass is 10.1. The Hall–Kier alpha value is -2.42. The van der Waals surface area contributed by atoms with Crippen LogP contribution >= 0.6 is 11.9 Å². The van der Waals surface area contributed by atoms with Crippen LogP contribution in [0.3, 0.4) is 0 Å². The fraction of sp³-hybridized carbons (Fsp3) is 0.167. The van der Waals surface area contributed by atoms with Gasteiger partial charge in [0.25, 0.3) is 0 Å². The number of rotatable bonds is 3. The van der Waals surface area contributed by atoms with E-state index in [0.717, 1.165) is 38.9 Å². The van der Waals surface area contributed by atoms with Crippen molar-refractivity contribution in [2.24, 2.45) is 12.2 Å². The summed E-state index contributed by atoms with van der Waals surface area (Å²) in [5, 5.41) is 17.2. The fourth-order valence-corrected chi connectivity index (χ4v) is 3.17. The van der Waals surface area contributed by atoms with Crippen molar-refractivity contribution in [3.63, 3.8) is 0 Å². The summed E-state index contributed by atoms with van der Waals surface area (Å²) in [5.41, 5.74) is 2.60. The number of aromatic nitrogens is 1. The zero-order valence-electron chi connectivity index (χ0n) is 13.0. The number of hydrogen-bond donors (Lipinski definition) is 1. The predicted molar refractivity (Wildman–Crippen MR) is 93.5 cm³/mol. The molecule has 4 nitrogen and oxygen atoms in total. The molecule has 1 heterocycles. The van der Waals surface area contributed by atoms with Gasteiger partial charge in [-0.2, -0.15) is 5.26 Å². The minimum absolute atomic E-state index is 0.692. The molecule has 5 heteroatoms. The Balaban J connectivity index is 2.30. The highest BCUT2D eigenvalue weighted by atomic mass is 32.2. The monoisotopic (exact) mass is 323 g/mol. The van der Waals surface area contributed by atoms with Crippen molar-refractivity contribution >= 4 is 24.1 Å². The van der Waals surface area contributed by atoms with Crippen molar-refractivity contribution in [1.29, 1.82) is 5.26 Å². The first-order chi connectivity index (χ1) is 11.2. The Bertz CT molecular complexity index is 931. The Morgan fingerprint density at radius 2 is 2.00 bits per heavy atom. The van der Waals surface area contributed by atoms with Crippen LogP contribution in [0, 0.1) is 11.3 Å². The molecule has 2 aromatic rings. The Morgan fingerprint density at radius 1 is 1.26 bits per heavy atom. The third-order valence-electron chi connectivity index (χ3n) is 4.01. The van der Waals surface area contributed by atoms with E-state index in [1.807, 2.05) is 48.0 Å². The van der Waals surface area contributed by atoms with Crippen molar-refractivity contribution in [3.8, 4) is 17.3 Å². The van der Waals surface area contributed by atoms with Crippen LogP contribution in [0.4, 0.5) is 0 Å². The van der Waals surface area contributed by atoms with Crippen molar-refractivity contribution in [2.75, 3.05) is 7.11 Å². The van der Waals surface area contributed by atoms with Crippen LogP contribution in [0.1, 0.15) is 12.0 Å². The third-order valence-corrected chi connectivity index (χ3v) is 4.55. The molecule has 116 valence electrons. The third kappa shape index (κ3) is 2.67. The van der Waals surface area contributed by atoms with E-state index in [0.29, 0.717) is 5.56 Å². The Morgan fingerprint density at radius 3 is 2.61 bits per heavy atom. The summed E-state index contributed by atoms with van der Waals surface area (Å²) in [7, 11) is 3.63. The minimum Gasteiger partial charge on any atom is -0.497 e. The second-order valence-corrected chi connectivity index (χ2v) is 5.94. The highest BCUT2D eigenvalue weighted by molar-refractivity contribution is 7.97. The second-order valence-electron chi connectivity index (χ2n) is 5.23. The summed E-state index contributed by atoms with van der Waals surface area (Å²) in [6.45, 7) is 0. The number of allylic oxidation sites excluding steroid dienone is 2. The quantitative estimate of drug-likeness (QED) is 0.878. The van der Waals surface area contributed by atoms with Crippen molar-refractivity contribution < 1.29 is 4.74 Å². The molecule has 0 saturated carbocycles. The predicted octanol–water partition coefficient (Wildman–Crippen LogP) is 2.02. The molecule has 3 rings (SSSR count). The molecule has 1 aromatic carbocycles. The van der Waals surface area contributed by atoms with Gasteiger partial charge in [0.1, 0.15) is 11.8 Å². The molecule has 1 aliphatic carbocycles. The van der Waals surface area contributed by atoms with Gasteiger partial charge in [-0.15, -0.1) is 0 Å². The molecule has 0 spiro atoms. The van der Waals surface area contributed by atoms with E-state index in [1.165, 1.54) is 11.9 Å². The van der Waals surface area contributed by atoms with Gasteiger partial charge in [0.2, 0.25) is 0 Å². The maximum Gasteiger partial charge on any atom is 0.117 e. The van der Waals surface area contributed by atoms with Crippen LogP contribution in [-0.2, 0) is 11.8 Å². The number of ether oxygens (including phenoxy) is 1. The van der Waals surface area contributed by atoms with E-state index in [9.17, 15) is 5.26 Å². The molecule has 0 unspecified atom stereocenters. The normalized spacial score (nSPS) is 13.0. The van der Waals surface area contributed by atoms with E-state index < -0.39 is 0 Å².